The van der Waals surface area contributed by atoms with Gasteiger partial charge in [-0.15, -0.1) is 0 Å². The molecule has 1 heterocycles. The van der Waals surface area contributed by atoms with Gasteiger partial charge in [-0.3, -0.25) is 10.3 Å². The summed E-state index contributed by atoms with van der Waals surface area (Å²) in [5, 5.41) is 8.01. The van der Waals surface area contributed by atoms with E-state index in [9.17, 15) is 0 Å². The van der Waals surface area contributed by atoms with Crippen molar-refractivity contribution in [2.75, 3.05) is 0 Å². The van der Waals surface area contributed by atoms with Gasteiger partial charge in [-0.05, 0) is 54.0 Å². The molecule has 0 radical (unpaired) electrons. The average Bonchev–Trinajstić information content (AvgIpc) is 2.94. The Bertz CT molecular complexity index is 1250. The Morgan fingerprint density at radius 1 is 0.600 bits per heavy atom. The lowest BCUT2D eigenvalue weighted by atomic mass is 10.00. The van der Waals surface area contributed by atoms with Gasteiger partial charge in [0.1, 0.15) is 0 Å². The van der Waals surface area contributed by atoms with Crippen LogP contribution in [0.15, 0.2) is 140 Å². The standard InChI is InChI=1S/C32H29N2P/c1-25(34-32(26-15-5-2-6-16-26)30-22-13-14-24-33-30)29-21-11-12-23-31(29)35(27-17-7-3-8-18-27)28-19-9-4-10-20-28/h2-25,32,34H,1H3. The molecule has 4 aromatic carbocycles. The molecule has 0 bridgehead atoms. The van der Waals surface area contributed by atoms with Gasteiger partial charge in [-0.2, -0.15) is 0 Å². The van der Waals surface area contributed by atoms with E-state index >= 15 is 0 Å². The van der Waals surface area contributed by atoms with Gasteiger partial charge in [-0.1, -0.05) is 121 Å². The number of aromatic nitrogens is 1. The minimum absolute atomic E-state index is 0.000125. The molecule has 0 fully saturated rings. The molecule has 0 aliphatic carbocycles. The number of benzene rings is 4. The Labute approximate surface area is 209 Å². The van der Waals surface area contributed by atoms with Crippen LogP contribution >= 0.6 is 7.92 Å². The predicted octanol–water partition coefficient (Wildman–Crippen LogP) is 6.28. The Kier molecular flexibility index (Phi) is 7.44. The molecule has 0 spiro atoms. The Morgan fingerprint density at radius 2 is 1.14 bits per heavy atom. The van der Waals surface area contributed by atoms with Gasteiger partial charge in [0.05, 0.1) is 11.7 Å². The molecule has 0 saturated heterocycles. The summed E-state index contributed by atoms with van der Waals surface area (Å²) in [4.78, 5) is 4.70. The number of pyridine rings is 1. The van der Waals surface area contributed by atoms with E-state index in [1.165, 1.54) is 27.0 Å². The molecule has 0 amide bonds. The van der Waals surface area contributed by atoms with Crippen LogP contribution < -0.4 is 21.2 Å². The highest BCUT2D eigenvalue weighted by Gasteiger charge is 2.24. The third-order valence-corrected chi connectivity index (χ3v) is 8.72. The maximum absolute atomic E-state index is 4.70. The van der Waals surface area contributed by atoms with Crippen molar-refractivity contribution in [2.45, 2.75) is 19.0 Å². The molecule has 0 aliphatic rings. The smallest absolute Gasteiger partial charge is 0.0756 e. The molecule has 35 heavy (non-hydrogen) atoms. The average molecular weight is 473 g/mol. The molecule has 2 unspecified atom stereocenters. The van der Waals surface area contributed by atoms with E-state index in [2.05, 4.69) is 140 Å². The lowest BCUT2D eigenvalue weighted by Gasteiger charge is -2.28. The van der Waals surface area contributed by atoms with Crippen molar-refractivity contribution in [1.29, 1.82) is 0 Å². The van der Waals surface area contributed by atoms with E-state index in [4.69, 9.17) is 4.98 Å². The van der Waals surface area contributed by atoms with Crippen LogP contribution in [-0.4, -0.2) is 4.98 Å². The summed E-state index contributed by atoms with van der Waals surface area (Å²) in [6, 6.07) is 47.5. The summed E-state index contributed by atoms with van der Waals surface area (Å²) in [6.45, 7) is 2.27. The van der Waals surface area contributed by atoms with Crippen LogP contribution in [0, 0.1) is 0 Å². The Balaban J connectivity index is 1.56. The molecular weight excluding hydrogens is 443 g/mol. The molecule has 172 valence electrons. The first-order valence-corrected chi connectivity index (χ1v) is 13.4. The number of rotatable bonds is 8. The zero-order valence-corrected chi connectivity index (χ0v) is 20.7. The van der Waals surface area contributed by atoms with E-state index in [-0.39, 0.29) is 12.1 Å². The molecule has 0 saturated carbocycles. The topological polar surface area (TPSA) is 24.9 Å². The minimum atomic E-state index is -0.688. The normalized spacial score (nSPS) is 12.9. The second-order valence-corrected chi connectivity index (χ2v) is 10.7. The summed E-state index contributed by atoms with van der Waals surface area (Å²) >= 11 is 0. The van der Waals surface area contributed by atoms with Crippen molar-refractivity contribution in [2.24, 2.45) is 0 Å². The van der Waals surface area contributed by atoms with Crippen molar-refractivity contribution in [3.8, 4) is 0 Å². The van der Waals surface area contributed by atoms with Gasteiger partial charge >= 0.3 is 0 Å². The van der Waals surface area contributed by atoms with Crippen molar-refractivity contribution in [3.05, 3.63) is 156 Å². The predicted molar refractivity (Wildman–Crippen MR) is 149 cm³/mol. The van der Waals surface area contributed by atoms with Gasteiger partial charge < -0.3 is 0 Å². The van der Waals surface area contributed by atoms with Crippen molar-refractivity contribution in [1.82, 2.24) is 10.3 Å². The van der Waals surface area contributed by atoms with E-state index in [0.29, 0.717) is 0 Å². The molecule has 0 aliphatic heterocycles. The second-order valence-electron chi connectivity index (χ2n) is 8.55. The summed E-state index contributed by atoms with van der Waals surface area (Å²) in [7, 11) is -0.688. The third kappa shape index (κ3) is 5.41. The van der Waals surface area contributed by atoms with Crippen LogP contribution in [-0.2, 0) is 0 Å². The summed E-state index contributed by atoms with van der Waals surface area (Å²) in [6.07, 6.45) is 1.87. The molecule has 3 heteroatoms. The Hall–Kier alpha value is -3.58. The quantitative estimate of drug-likeness (QED) is 0.269. The minimum Gasteiger partial charge on any atom is -0.298 e. The Morgan fingerprint density at radius 3 is 1.74 bits per heavy atom. The SMILES string of the molecule is CC(NC(c1ccccc1)c1ccccn1)c1ccccc1P(c1ccccc1)c1ccccc1. The van der Waals surface area contributed by atoms with Gasteiger partial charge in [-0.25, -0.2) is 0 Å². The highest BCUT2D eigenvalue weighted by Crippen LogP contribution is 2.36. The highest BCUT2D eigenvalue weighted by atomic mass is 31.1. The maximum atomic E-state index is 4.70. The third-order valence-electron chi connectivity index (χ3n) is 6.21. The summed E-state index contributed by atoms with van der Waals surface area (Å²) in [5.74, 6) is 0. The van der Waals surface area contributed by atoms with Crippen LogP contribution in [0.4, 0.5) is 0 Å². The lowest BCUT2D eigenvalue weighted by Crippen LogP contribution is -2.31. The lowest BCUT2D eigenvalue weighted by molar-refractivity contribution is 0.510. The van der Waals surface area contributed by atoms with Crippen molar-refractivity contribution < 1.29 is 0 Å². The number of hydrogen-bond acceptors (Lipinski definition) is 2. The molecular formula is C32H29N2P. The van der Waals surface area contributed by atoms with Gasteiger partial charge in [0.15, 0.2) is 0 Å². The number of nitrogens with one attached hydrogen (secondary N) is 1. The molecule has 1 N–H and O–H groups in total. The molecule has 5 rings (SSSR count). The monoisotopic (exact) mass is 472 g/mol. The van der Waals surface area contributed by atoms with E-state index < -0.39 is 7.92 Å². The van der Waals surface area contributed by atoms with Crippen LogP contribution in [0.25, 0.3) is 0 Å². The molecule has 5 aromatic rings. The molecule has 1 aromatic heterocycles. The largest absolute Gasteiger partial charge is 0.298 e. The number of nitrogens with zero attached hydrogens (tertiary/aromatic N) is 1. The van der Waals surface area contributed by atoms with Crippen molar-refractivity contribution in [3.63, 3.8) is 0 Å². The van der Waals surface area contributed by atoms with E-state index in [1.54, 1.807) is 0 Å². The zero-order valence-electron chi connectivity index (χ0n) is 19.8. The second kappa shape index (κ2) is 11.2. The van der Waals surface area contributed by atoms with Gasteiger partial charge in [0.25, 0.3) is 0 Å². The van der Waals surface area contributed by atoms with E-state index in [0.717, 1.165) is 5.69 Å². The van der Waals surface area contributed by atoms with E-state index in [1.807, 2.05) is 12.3 Å². The fourth-order valence-corrected chi connectivity index (χ4v) is 7.08. The zero-order chi connectivity index (χ0) is 23.9. The molecule has 2 nitrogen and oxygen atoms in total. The fourth-order valence-electron chi connectivity index (χ4n) is 4.52. The van der Waals surface area contributed by atoms with Crippen LogP contribution in [0.1, 0.15) is 35.8 Å². The highest BCUT2D eigenvalue weighted by molar-refractivity contribution is 7.79. The molecule has 2 atom stereocenters. The summed E-state index contributed by atoms with van der Waals surface area (Å²) in [5.41, 5.74) is 3.56. The fraction of sp³-hybridized carbons (Fsp3) is 0.0938. The van der Waals surface area contributed by atoms with Gasteiger partial charge in [0, 0.05) is 12.2 Å². The maximum Gasteiger partial charge on any atom is 0.0756 e. The number of hydrogen-bond donors (Lipinski definition) is 1. The summed E-state index contributed by atoms with van der Waals surface area (Å²) < 4.78 is 0. The first kappa shape index (κ1) is 23.2. The van der Waals surface area contributed by atoms with Crippen LogP contribution in [0.5, 0.6) is 0 Å². The first-order chi connectivity index (χ1) is 17.3. The van der Waals surface area contributed by atoms with Gasteiger partial charge in [0.2, 0.25) is 0 Å². The van der Waals surface area contributed by atoms with Crippen molar-refractivity contribution >= 4 is 23.8 Å². The van der Waals surface area contributed by atoms with Crippen LogP contribution in [0.2, 0.25) is 0 Å². The first-order valence-electron chi connectivity index (χ1n) is 12.0. The van der Waals surface area contributed by atoms with Crippen LogP contribution in [0.3, 0.4) is 0 Å².